The number of hydrogen-bond acceptors (Lipinski definition) is 8. The van der Waals surface area contributed by atoms with Crippen LogP contribution in [0.15, 0.2) is 57.5 Å². The molecule has 3 aromatic heterocycles. The van der Waals surface area contributed by atoms with Gasteiger partial charge in [0.15, 0.2) is 23.4 Å². The van der Waals surface area contributed by atoms with E-state index in [2.05, 4.69) is 14.8 Å². The number of fused-ring (bicyclic) bond motifs is 1. The maximum absolute atomic E-state index is 12.9. The molecular formula is C23H21N3O4S2. The third-order valence-electron chi connectivity index (χ3n) is 5.29. The molecule has 0 unspecified atom stereocenters. The number of hydrogen-bond donors (Lipinski definition) is 0. The Balaban J connectivity index is 1.24. The highest BCUT2D eigenvalue weighted by Gasteiger charge is 2.24. The Morgan fingerprint density at radius 2 is 2.03 bits per heavy atom. The van der Waals surface area contributed by atoms with E-state index in [-0.39, 0.29) is 17.6 Å². The number of benzene rings is 1. The summed E-state index contributed by atoms with van der Waals surface area (Å²) in [5.74, 6) is 2.24. The van der Waals surface area contributed by atoms with Crippen molar-refractivity contribution in [1.82, 2.24) is 14.8 Å². The highest BCUT2D eigenvalue weighted by atomic mass is 32.2. The Kier molecular flexibility index (Phi) is 5.75. The molecule has 1 aliphatic rings. The van der Waals surface area contributed by atoms with Gasteiger partial charge in [-0.25, -0.2) is 0 Å². The van der Waals surface area contributed by atoms with E-state index >= 15 is 0 Å². The van der Waals surface area contributed by atoms with E-state index in [9.17, 15) is 4.79 Å². The van der Waals surface area contributed by atoms with Crippen LogP contribution in [-0.4, -0.2) is 39.0 Å². The minimum atomic E-state index is -0.124. The van der Waals surface area contributed by atoms with Gasteiger partial charge in [0.05, 0.1) is 17.2 Å². The van der Waals surface area contributed by atoms with Crippen LogP contribution in [-0.2, 0) is 6.54 Å². The molecule has 1 aliphatic heterocycles. The SMILES string of the molecule is Cc1cc(C(=O)CSc2nnc(-c3cccs3)o2)c(C)n1C[C@H]1COc2ccccc2O1. The smallest absolute Gasteiger partial charge is 0.277 e. The molecule has 164 valence electrons. The molecular weight excluding hydrogens is 446 g/mol. The monoisotopic (exact) mass is 467 g/mol. The van der Waals surface area contributed by atoms with Gasteiger partial charge in [0.1, 0.15) is 6.61 Å². The van der Waals surface area contributed by atoms with E-state index in [1.54, 1.807) is 0 Å². The summed E-state index contributed by atoms with van der Waals surface area (Å²) in [6.07, 6.45) is -0.124. The maximum Gasteiger partial charge on any atom is 0.277 e. The van der Waals surface area contributed by atoms with Gasteiger partial charge in [-0.1, -0.05) is 30.0 Å². The molecule has 4 heterocycles. The van der Waals surface area contributed by atoms with Crippen LogP contribution in [0, 0.1) is 13.8 Å². The first kappa shape index (κ1) is 20.8. The van der Waals surface area contributed by atoms with E-state index in [0.29, 0.717) is 29.8 Å². The molecule has 0 amide bonds. The number of carbonyl (C=O) groups is 1. The summed E-state index contributed by atoms with van der Waals surface area (Å²) in [4.78, 5) is 13.8. The Morgan fingerprint density at radius 1 is 1.19 bits per heavy atom. The van der Waals surface area contributed by atoms with Crippen molar-refractivity contribution in [2.45, 2.75) is 31.7 Å². The number of thiophene rings is 1. The van der Waals surface area contributed by atoms with Crippen molar-refractivity contribution < 1.29 is 18.7 Å². The Hall–Kier alpha value is -3.04. The number of carbonyl (C=O) groups excluding carboxylic acids is 1. The van der Waals surface area contributed by atoms with Crippen LogP contribution < -0.4 is 9.47 Å². The predicted molar refractivity (Wildman–Crippen MR) is 123 cm³/mol. The second-order valence-corrected chi connectivity index (χ2v) is 9.33. The Labute approximate surface area is 193 Å². The zero-order valence-electron chi connectivity index (χ0n) is 17.6. The van der Waals surface area contributed by atoms with Crippen LogP contribution in [0.3, 0.4) is 0 Å². The topological polar surface area (TPSA) is 79.4 Å². The summed E-state index contributed by atoms with van der Waals surface area (Å²) >= 11 is 2.79. The lowest BCUT2D eigenvalue weighted by Crippen LogP contribution is -2.33. The Morgan fingerprint density at radius 3 is 2.84 bits per heavy atom. The molecule has 0 fully saturated rings. The number of rotatable bonds is 7. The minimum absolute atomic E-state index is 0.0244. The molecule has 0 radical (unpaired) electrons. The second-order valence-electron chi connectivity index (χ2n) is 7.46. The van der Waals surface area contributed by atoms with Crippen LogP contribution in [0.4, 0.5) is 0 Å². The van der Waals surface area contributed by atoms with Gasteiger partial charge in [-0.05, 0) is 43.5 Å². The molecule has 0 aliphatic carbocycles. The first-order valence-electron chi connectivity index (χ1n) is 10.2. The average molecular weight is 468 g/mol. The number of aryl methyl sites for hydroxylation is 1. The third kappa shape index (κ3) is 4.18. The normalized spacial score (nSPS) is 15.1. The lowest BCUT2D eigenvalue weighted by atomic mass is 10.2. The van der Waals surface area contributed by atoms with Gasteiger partial charge in [-0.15, -0.1) is 21.5 Å². The van der Waals surface area contributed by atoms with Gasteiger partial charge >= 0.3 is 0 Å². The van der Waals surface area contributed by atoms with Gasteiger partial charge < -0.3 is 18.5 Å². The quantitative estimate of drug-likeness (QED) is 0.278. The zero-order valence-corrected chi connectivity index (χ0v) is 19.2. The van der Waals surface area contributed by atoms with E-state index in [1.807, 2.05) is 61.7 Å². The second kappa shape index (κ2) is 8.84. The molecule has 7 nitrogen and oxygen atoms in total. The first-order chi connectivity index (χ1) is 15.6. The Bertz CT molecular complexity index is 1250. The summed E-state index contributed by atoms with van der Waals surface area (Å²) in [7, 11) is 0. The zero-order chi connectivity index (χ0) is 22.1. The van der Waals surface area contributed by atoms with Crippen molar-refractivity contribution in [3.63, 3.8) is 0 Å². The van der Waals surface area contributed by atoms with Crippen molar-refractivity contribution >= 4 is 28.9 Å². The van der Waals surface area contributed by atoms with Crippen LogP contribution in [0.1, 0.15) is 21.7 Å². The van der Waals surface area contributed by atoms with Crippen LogP contribution >= 0.6 is 23.1 Å². The van der Waals surface area contributed by atoms with E-state index < -0.39 is 0 Å². The fourth-order valence-electron chi connectivity index (χ4n) is 3.69. The highest BCUT2D eigenvalue weighted by molar-refractivity contribution is 7.99. The van der Waals surface area contributed by atoms with Gasteiger partial charge in [0.25, 0.3) is 11.1 Å². The predicted octanol–water partition coefficient (Wildman–Crippen LogP) is 5.03. The van der Waals surface area contributed by atoms with Crippen molar-refractivity contribution in [2.24, 2.45) is 0 Å². The van der Waals surface area contributed by atoms with E-state index in [4.69, 9.17) is 13.9 Å². The summed E-state index contributed by atoms with van der Waals surface area (Å²) < 4.78 is 19.7. The molecule has 0 bridgehead atoms. The fourth-order valence-corrected chi connectivity index (χ4v) is 4.98. The summed E-state index contributed by atoms with van der Waals surface area (Å²) in [5.41, 5.74) is 2.63. The van der Waals surface area contributed by atoms with Gasteiger partial charge in [-0.2, -0.15) is 0 Å². The van der Waals surface area contributed by atoms with Crippen LogP contribution in [0.5, 0.6) is 11.5 Å². The standard InChI is InChI=1S/C23H21N3O4S2/c1-14-10-17(18(27)13-32-23-25-24-22(30-23)21-8-5-9-31-21)15(2)26(14)11-16-12-28-19-6-3-4-7-20(19)29-16/h3-10,16H,11-13H2,1-2H3/t16-/m0/s1. The molecule has 0 spiro atoms. The molecule has 9 heteroatoms. The molecule has 1 atom stereocenters. The van der Waals surface area contributed by atoms with E-state index in [0.717, 1.165) is 27.8 Å². The number of ketones is 1. The van der Waals surface area contributed by atoms with Gasteiger partial charge in [0.2, 0.25) is 0 Å². The first-order valence-corrected chi connectivity index (χ1v) is 12.0. The number of para-hydroxylation sites is 2. The molecule has 5 rings (SSSR count). The number of ether oxygens (including phenoxy) is 2. The molecule has 4 aromatic rings. The van der Waals surface area contributed by atoms with Crippen molar-refractivity contribution in [1.29, 1.82) is 0 Å². The van der Waals surface area contributed by atoms with Crippen molar-refractivity contribution in [2.75, 3.05) is 12.4 Å². The van der Waals surface area contributed by atoms with Gasteiger partial charge in [0, 0.05) is 17.0 Å². The van der Waals surface area contributed by atoms with Gasteiger partial charge in [-0.3, -0.25) is 4.79 Å². The average Bonchev–Trinajstić information content (AvgIpc) is 3.55. The molecule has 1 aromatic carbocycles. The minimum Gasteiger partial charge on any atom is -0.486 e. The molecule has 32 heavy (non-hydrogen) atoms. The maximum atomic E-state index is 12.9. The molecule has 0 N–H and O–H groups in total. The highest BCUT2D eigenvalue weighted by Crippen LogP contribution is 2.32. The number of thioether (sulfide) groups is 1. The largest absolute Gasteiger partial charge is 0.486 e. The fraction of sp³-hybridized carbons (Fsp3) is 0.261. The van der Waals surface area contributed by atoms with Crippen molar-refractivity contribution in [3.8, 4) is 22.3 Å². The lowest BCUT2D eigenvalue weighted by Gasteiger charge is -2.27. The van der Waals surface area contributed by atoms with E-state index in [1.165, 1.54) is 23.1 Å². The van der Waals surface area contributed by atoms with Crippen LogP contribution in [0.25, 0.3) is 10.8 Å². The van der Waals surface area contributed by atoms with Crippen molar-refractivity contribution in [3.05, 3.63) is 64.8 Å². The molecule has 0 saturated carbocycles. The summed E-state index contributed by atoms with van der Waals surface area (Å²) in [6, 6.07) is 13.4. The number of Topliss-reactive ketones (excluding diaryl/α,β-unsaturated/α-hetero) is 1. The van der Waals surface area contributed by atoms with Crippen LogP contribution in [0.2, 0.25) is 0 Å². The number of nitrogens with zero attached hydrogens (tertiary/aromatic N) is 3. The summed E-state index contributed by atoms with van der Waals surface area (Å²) in [5, 5.41) is 10.4. The summed E-state index contributed by atoms with van der Waals surface area (Å²) in [6.45, 7) is 5.04. The molecule has 0 saturated heterocycles. The number of aromatic nitrogens is 3. The lowest BCUT2D eigenvalue weighted by molar-refractivity contribution is 0.0777. The third-order valence-corrected chi connectivity index (χ3v) is 6.97.